The molecule has 1 aromatic rings. The van der Waals surface area contributed by atoms with Crippen LogP contribution >= 0.6 is 0 Å². The fourth-order valence-electron chi connectivity index (χ4n) is 3.26. The lowest BCUT2D eigenvalue weighted by Crippen LogP contribution is -2.35. The third-order valence-electron chi connectivity index (χ3n) is 4.78. The molecule has 2 aliphatic heterocycles. The van der Waals surface area contributed by atoms with Crippen LogP contribution in [0.1, 0.15) is 34.8 Å². The first kappa shape index (κ1) is 17.4. The van der Waals surface area contributed by atoms with Crippen LogP contribution < -0.4 is 5.32 Å². The van der Waals surface area contributed by atoms with E-state index in [-0.39, 0.29) is 12.5 Å². The van der Waals surface area contributed by atoms with Crippen molar-refractivity contribution in [2.75, 3.05) is 32.6 Å². The normalized spacial score (nSPS) is 19.9. The molecular formula is C15H24N4O4S. The van der Waals surface area contributed by atoms with Crippen molar-refractivity contribution in [2.45, 2.75) is 25.8 Å². The Labute approximate surface area is 142 Å². The largest absolute Gasteiger partial charge is 0.381 e. The highest BCUT2D eigenvalue weighted by Gasteiger charge is 2.29. The molecule has 24 heavy (non-hydrogen) atoms. The van der Waals surface area contributed by atoms with Gasteiger partial charge in [-0.05, 0) is 18.8 Å². The summed E-state index contributed by atoms with van der Waals surface area (Å²) in [4.78, 5) is 16.8. The average molecular weight is 356 g/mol. The highest BCUT2D eigenvalue weighted by atomic mass is 32.2. The molecule has 8 nitrogen and oxygen atoms in total. The van der Waals surface area contributed by atoms with Crippen molar-refractivity contribution < 1.29 is 17.9 Å². The topological polar surface area (TPSA) is 93.5 Å². The zero-order valence-electron chi connectivity index (χ0n) is 14.1. The van der Waals surface area contributed by atoms with Gasteiger partial charge in [-0.1, -0.05) is 0 Å². The number of carbonyl (C=O) groups is 1. The van der Waals surface area contributed by atoms with Crippen molar-refractivity contribution in [3.05, 3.63) is 17.2 Å². The molecular weight excluding hydrogens is 332 g/mol. The zero-order valence-corrected chi connectivity index (χ0v) is 14.9. The molecule has 1 N–H and O–H groups in total. The molecule has 0 unspecified atom stereocenters. The van der Waals surface area contributed by atoms with E-state index in [0.717, 1.165) is 31.7 Å². The van der Waals surface area contributed by atoms with Crippen LogP contribution in [0.2, 0.25) is 0 Å². The summed E-state index contributed by atoms with van der Waals surface area (Å²) in [5.41, 5.74) is 1.61. The molecule has 0 saturated carbocycles. The summed E-state index contributed by atoms with van der Waals surface area (Å²) < 4.78 is 31.9. The molecule has 1 fully saturated rings. The monoisotopic (exact) mass is 356 g/mol. The van der Waals surface area contributed by atoms with Crippen molar-refractivity contribution in [2.24, 2.45) is 13.0 Å². The summed E-state index contributed by atoms with van der Waals surface area (Å²) in [6, 6.07) is 0. The highest BCUT2D eigenvalue weighted by molar-refractivity contribution is 7.88. The van der Waals surface area contributed by atoms with Crippen molar-refractivity contribution in [3.63, 3.8) is 0 Å². The second kappa shape index (κ2) is 6.81. The molecule has 1 amide bonds. The van der Waals surface area contributed by atoms with E-state index in [9.17, 15) is 13.2 Å². The van der Waals surface area contributed by atoms with Crippen molar-refractivity contribution >= 4 is 15.9 Å². The number of hydrogen-bond donors (Lipinski definition) is 1. The molecule has 1 aromatic heterocycles. The Morgan fingerprint density at radius 3 is 2.75 bits per heavy atom. The first-order chi connectivity index (χ1) is 11.4. The predicted octanol–water partition coefficient (Wildman–Crippen LogP) is -0.106. The minimum Gasteiger partial charge on any atom is -0.381 e. The Morgan fingerprint density at radius 2 is 2.08 bits per heavy atom. The number of nitrogens with one attached hydrogen (secondary N) is 1. The van der Waals surface area contributed by atoms with E-state index in [0.29, 0.717) is 36.9 Å². The van der Waals surface area contributed by atoms with Crippen LogP contribution in [0.5, 0.6) is 0 Å². The highest BCUT2D eigenvalue weighted by Crippen LogP contribution is 2.21. The molecule has 0 atom stereocenters. The molecule has 0 aromatic carbocycles. The molecule has 1 saturated heterocycles. The number of aromatic nitrogens is 2. The van der Waals surface area contributed by atoms with Gasteiger partial charge in [-0.3, -0.25) is 4.79 Å². The number of ether oxygens (including phenoxy) is 1. The van der Waals surface area contributed by atoms with Gasteiger partial charge in [-0.25, -0.2) is 13.4 Å². The molecule has 3 heterocycles. The van der Waals surface area contributed by atoms with E-state index >= 15 is 0 Å². The minimum absolute atomic E-state index is 0.204. The maximum atomic E-state index is 12.4. The minimum atomic E-state index is -3.25. The fraction of sp³-hybridized carbons (Fsp3) is 0.733. The van der Waals surface area contributed by atoms with E-state index in [1.807, 2.05) is 7.05 Å². The van der Waals surface area contributed by atoms with Crippen LogP contribution in [0.4, 0.5) is 0 Å². The summed E-state index contributed by atoms with van der Waals surface area (Å²) >= 11 is 0. The predicted molar refractivity (Wildman–Crippen MR) is 88.0 cm³/mol. The zero-order chi connectivity index (χ0) is 17.3. The first-order valence-electron chi connectivity index (χ1n) is 8.22. The lowest BCUT2D eigenvalue weighted by atomic mass is 10.0. The van der Waals surface area contributed by atoms with E-state index in [2.05, 4.69) is 10.3 Å². The lowest BCUT2D eigenvalue weighted by molar-refractivity contribution is 0.0640. The van der Waals surface area contributed by atoms with Gasteiger partial charge in [0, 0.05) is 45.5 Å². The van der Waals surface area contributed by atoms with Gasteiger partial charge >= 0.3 is 0 Å². The van der Waals surface area contributed by atoms with Gasteiger partial charge in [0.2, 0.25) is 10.0 Å². The van der Waals surface area contributed by atoms with Crippen LogP contribution in [0, 0.1) is 5.92 Å². The lowest BCUT2D eigenvalue weighted by Gasteiger charge is -2.24. The molecule has 0 aliphatic carbocycles. The molecule has 0 bridgehead atoms. The van der Waals surface area contributed by atoms with Crippen LogP contribution in [-0.2, 0) is 34.8 Å². The quantitative estimate of drug-likeness (QED) is 0.813. The third kappa shape index (κ3) is 3.62. The van der Waals surface area contributed by atoms with E-state index < -0.39 is 10.0 Å². The number of hydrogen-bond acceptors (Lipinski definition) is 5. The number of amides is 1. The smallest absolute Gasteiger partial charge is 0.287 e. The summed E-state index contributed by atoms with van der Waals surface area (Å²) in [6.07, 6.45) is 3.68. The SMILES string of the molecule is Cn1c(C(=O)NCC2CCOCC2)nc2c1CCN(S(C)(=O)=O)C2. The molecule has 0 radical (unpaired) electrons. The summed E-state index contributed by atoms with van der Waals surface area (Å²) in [5.74, 6) is 0.588. The second-order valence-corrected chi connectivity index (χ2v) is 8.48. The van der Waals surface area contributed by atoms with Crippen molar-refractivity contribution in [3.8, 4) is 0 Å². The number of carbonyl (C=O) groups excluding carboxylic acids is 1. The van der Waals surface area contributed by atoms with E-state index in [1.54, 1.807) is 4.57 Å². The Morgan fingerprint density at radius 1 is 1.38 bits per heavy atom. The van der Waals surface area contributed by atoms with Gasteiger partial charge < -0.3 is 14.6 Å². The van der Waals surface area contributed by atoms with Crippen molar-refractivity contribution in [1.82, 2.24) is 19.2 Å². The van der Waals surface area contributed by atoms with Gasteiger partial charge in [0.15, 0.2) is 5.82 Å². The van der Waals surface area contributed by atoms with Crippen molar-refractivity contribution in [1.29, 1.82) is 0 Å². The molecule has 9 heteroatoms. The number of rotatable bonds is 4. The van der Waals surface area contributed by atoms with Gasteiger partial charge in [0.25, 0.3) is 5.91 Å². The average Bonchev–Trinajstić information content (AvgIpc) is 2.89. The second-order valence-electron chi connectivity index (χ2n) is 6.50. The number of imidazole rings is 1. The molecule has 3 rings (SSSR count). The maximum Gasteiger partial charge on any atom is 0.287 e. The number of sulfonamides is 1. The first-order valence-corrected chi connectivity index (χ1v) is 10.1. The molecule has 0 spiro atoms. The maximum absolute atomic E-state index is 12.4. The molecule has 2 aliphatic rings. The standard InChI is InChI=1S/C15H24N4O4S/c1-18-13-3-6-19(24(2,21)22)10-12(13)17-14(18)15(20)16-9-11-4-7-23-8-5-11/h11H,3-10H2,1-2H3,(H,16,20). The van der Waals surface area contributed by atoms with Gasteiger partial charge in [0.1, 0.15) is 0 Å². The van der Waals surface area contributed by atoms with Gasteiger partial charge in [-0.15, -0.1) is 0 Å². The Kier molecular flexibility index (Phi) is 4.93. The van der Waals surface area contributed by atoms with E-state index in [4.69, 9.17) is 4.74 Å². The van der Waals surface area contributed by atoms with Gasteiger partial charge in [-0.2, -0.15) is 4.31 Å². The van der Waals surface area contributed by atoms with Crippen LogP contribution in [-0.4, -0.2) is 60.7 Å². The Hall–Kier alpha value is -1.45. The van der Waals surface area contributed by atoms with E-state index in [1.165, 1.54) is 10.6 Å². The Balaban J connectivity index is 1.68. The van der Waals surface area contributed by atoms with Crippen LogP contribution in [0.15, 0.2) is 0 Å². The van der Waals surface area contributed by atoms with Crippen LogP contribution in [0.25, 0.3) is 0 Å². The number of nitrogens with zero attached hydrogens (tertiary/aromatic N) is 3. The summed E-state index contributed by atoms with van der Waals surface area (Å²) in [5, 5.41) is 2.95. The fourth-order valence-corrected chi connectivity index (χ4v) is 4.04. The number of fused-ring (bicyclic) bond motifs is 1. The van der Waals surface area contributed by atoms with Gasteiger partial charge in [0.05, 0.1) is 18.5 Å². The van der Waals surface area contributed by atoms with Crippen LogP contribution in [0.3, 0.4) is 0 Å². The Bertz CT molecular complexity index is 722. The summed E-state index contributed by atoms with van der Waals surface area (Å²) in [6.45, 7) is 2.77. The molecule has 134 valence electrons. The summed E-state index contributed by atoms with van der Waals surface area (Å²) in [7, 11) is -1.43. The third-order valence-corrected chi connectivity index (χ3v) is 6.03.